The van der Waals surface area contributed by atoms with E-state index >= 15 is 0 Å². The van der Waals surface area contributed by atoms with Crippen LogP contribution in [-0.4, -0.2) is 28.1 Å². The lowest BCUT2D eigenvalue weighted by Gasteiger charge is -2.17. The first kappa shape index (κ1) is 14.5. The zero-order valence-corrected chi connectivity index (χ0v) is 13.2. The van der Waals surface area contributed by atoms with Crippen molar-refractivity contribution < 1.29 is 9.84 Å². The van der Waals surface area contributed by atoms with Gasteiger partial charge in [0.2, 0.25) is 0 Å². The van der Waals surface area contributed by atoms with Gasteiger partial charge in [-0.25, -0.2) is 4.98 Å². The van der Waals surface area contributed by atoms with E-state index in [1.807, 2.05) is 18.2 Å². The molecule has 2 heterocycles. The molecule has 2 aromatic rings. The van der Waals surface area contributed by atoms with Crippen molar-refractivity contribution in [1.82, 2.24) is 9.88 Å². The highest BCUT2D eigenvalue weighted by Gasteiger charge is 2.17. The number of aliphatic hydroxyl groups is 1. The average molecular weight is 304 g/mol. The van der Waals surface area contributed by atoms with Crippen LogP contribution < -0.4 is 4.74 Å². The van der Waals surface area contributed by atoms with Crippen LogP contribution in [0.25, 0.3) is 0 Å². The molecule has 0 radical (unpaired) electrons. The minimum Gasteiger partial charge on any atom is -0.492 e. The maximum Gasteiger partial charge on any atom is 0.123 e. The predicted octanol–water partition coefficient (Wildman–Crippen LogP) is 2.65. The third kappa shape index (κ3) is 3.26. The summed E-state index contributed by atoms with van der Waals surface area (Å²) in [6.07, 6.45) is 0. The monoisotopic (exact) mass is 304 g/mol. The van der Waals surface area contributed by atoms with Crippen molar-refractivity contribution in [2.45, 2.75) is 33.5 Å². The summed E-state index contributed by atoms with van der Waals surface area (Å²) in [5, 5.41) is 10.4. The number of benzene rings is 1. The number of hydrogen-bond acceptors (Lipinski definition) is 5. The van der Waals surface area contributed by atoms with Gasteiger partial charge in [-0.2, -0.15) is 0 Å². The lowest BCUT2D eigenvalue weighted by molar-refractivity contribution is 0.219. The minimum absolute atomic E-state index is 0.0676. The summed E-state index contributed by atoms with van der Waals surface area (Å²) in [7, 11) is 0. The topological polar surface area (TPSA) is 45.6 Å². The first-order chi connectivity index (χ1) is 10.2. The lowest BCUT2D eigenvalue weighted by Crippen LogP contribution is -2.25. The highest BCUT2D eigenvalue weighted by atomic mass is 32.1. The molecule has 0 atom stereocenters. The fraction of sp³-hybridized carbons (Fsp3) is 0.438. The van der Waals surface area contributed by atoms with Crippen molar-refractivity contribution >= 4 is 11.3 Å². The van der Waals surface area contributed by atoms with Crippen molar-refractivity contribution in [3.05, 3.63) is 44.9 Å². The van der Waals surface area contributed by atoms with Gasteiger partial charge in [0.15, 0.2) is 0 Å². The van der Waals surface area contributed by atoms with Gasteiger partial charge in [0.1, 0.15) is 17.4 Å². The Bertz CT molecular complexity index is 620. The van der Waals surface area contributed by atoms with Crippen LogP contribution in [-0.2, 0) is 19.7 Å². The molecule has 0 amide bonds. The summed E-state index contributed by atoms with van der Waals surface area (Å²) in [6.45, 7) is 7.51. The predicted molar refractivity (Wildman–Crippen MR) is 83.6 cm³/mol. The Morgan fingerprint density at radius 3 is 2.95 bits per heavy atom. The molecule has 0 saturated carbocycles. The van der Waals surface area contributed by atoms with Gasteiger partial charge < -0.3 is 9.84 Å². The minimum atomic E-state index is 0.0676. The van der Waals surface area contributed by atoms with Crippen LogP contribution in [0.2, 0.25) is 0 Å². The van der Waals surface area contributed by atoms with E-state index in [9.17, 15) is 5.11 Å². The van der Waals surface area contributed by atoms with Gasteiger partial charge in [0.25, 0.3) is 0 Å². The van der Waals surface area contributed by atoms with E-state index in [0.717, 1.165) is 47.2 Å². The number of aliphatic hydroxyl groups excluding tert-OH is 1. The molecule has 1 N–H and O–H groups in total. The fourth-order valence-electron chi connectivity index (χ4n) is 2.53. The van der Waals surface area contributed by atoms with Gasteiger partial charge in [-0.1, -0.05) is 6.07 Å². The zero-order valence-electron chi connectivity index (χ0n) is 12.4. The van der Waals surface area contributed by atoms with Crippen LogP contribution in [0.15, 0.2) is 18.2 Å². The number of aromatic nitrogens is 1. The average Bonchev–Trinajstić information content (AvgIpc) is 2.68. The molecule has 0 fully saturated rings. The van der Waals surface area contributed by atoms with E-state index in [0.29, 0.717) is 6.61 Å². The van der Waals surface area contributed by atoms with E-state index in [4.69, 9.17) is 4.74 Å². The first-order valence-electron chi connectivity index (χ1n) is 7.16. The van der Waals surface area contributed by atoms with Gasteiger partial charge in [-0.05, 0) is 31.5 Å². The van der Waals surface area contributed by atoms with Crippen molar-refractivity contribution in [1.29, 1.82) is 0 Å². The number of hydrogen-bond donors (Lipinski definition) is 1. The Morgan fingerprint density at radius 1 is 1.38 bits per heavy atom. The standard InChI is InChI=1S/C16H20N2O2S/c1-11-12(2)21-16(17-11)9-18-5-6-20-15-4-3-13(10-19)7-14(15)8-18/h3-4,7,19H,5-6,8-10H2,1-2H3. The van der Waals surface area contributed by atoms with Crippen molar-refractivity contribution in [2.24, 2.45) is 0 Å². The quantitative estimate of drug-likeness (QED) is 0.947. The summed E-state index contributed by atoms with van der Waals surface area (Å²) in [6, 6.07) is 5.91. The Labute approximate surface area is 129 Å². The van der Waals surface area contributed by atoms with E-state index in [1.165, 1.54) is 4.88 Å². The van der Waals surface area contributed by atoms with Crippen LogP contribution in [0, 0.1) is 13.8 Å². The molecule has 1 aromatic heterocycles. The highest BCUT2D eigenvalue weighted by Crippen LogP contribution is 2.26. The molecular formula is C16H20N2O2S. The molecular weight excluding hydrogens is 284 g/mol. The normalized spacial score (nSPS) is 15.4. The van der Waals surface area contributed by atoms with Crippen LogP contribution in [0.4, 0.5) is 0 Å². The number of nitrogens with zero attached hydrogens (tertiary/aromatic N) is 2. The Hall–Kier alpha value is -1.43. The van der Waals surface area contributed by atoms with Gasteiger partial charge in [0.05, 0.1) is 18.8 Å². The molecule has 1 aromatic carbocycles. The molecule has 4 nitrogen and oxygen atoms in total. The second-order valence-corrected chi connectivity index (χ2v) is 6.70. The summed E-state index contributed by atoms with van der Waals surface area (Å²) >= 11 is 1.77. The third-order valence-corrected chi connectivity index (χ3v) is 4.86. The molecule has 21 heavy (non-hydrogen) atoms. The molecule has 0 aliphatic carbocycles. The van der Waals surface area contributed by atoms with Gasteiger partial charge in [-0.3, -0.25) is 4.90 Å². The molecule has 0 spiro atoms. The molecule has 1 aliphatic heterocycles. The van der Waals surface area contributed by atoms with Gasteiger partial charge in [-0.15, -0.1) is 11.3 Å². The molecule has 5 heteroatoms. The lowest BCUT2D eigenvalue weighted by atomic mass is 10.1. The smallest absolute Gasteiger partial charge is 0.123 e. The largest absolute Gasteiger partial charge is 0.492 e. The SMILES string of the molecule is Cc1nc(CN2CCOc3ccc(CO)cc3C2)sc1C. The van der Waals surface area contributed by atoms with Crippen LogP contribution >= 0.6 is 11.3 Å². The number of aryl methyl sites for hydroxylation is 2. The van der Waals surface area contributed by atoms with Crippen LogP contribution in [0.1, 0.15) is 26.7 Å². The summed E-state index contributed by atoms with van der Waals surface area (Å²) in [5.41, 5.74) is 3.20. The number of ether oxygens (including phenoxy) is 1. The molecule has 112 valence electrons. The number of fused-ring (bicyclic) bond motifs is 1. The van der Waals surface area contributed by atoms with E-state index < -0.39 is 0 Å². The van der Waals surface area contributed by atoms with Crippen molar-refractivity contribution in [2.75, 3.05) is 13.2 Å². The first-order valence-corrected chi connectivity index (χ1v) is 7.98. The van der Waals surface area contributed by atoms with Gasteiger partial charge >= 0.3 is 0 Å². The number of thiazole rings is 1. The third-order valence-electron chi connectivity index (χ3n) is 3.80. The molecule has 0 bridgehead atoms. The highest BCUT2D eigenvalue weighted by molar-refractivity contribution is 7.11. The fourth-order valence-corrected chi connectivity index (χ4v) is 3.51. The summed E-state index contributed by atoms with van der Waals surface area (Å²) in [4.78, 5) is 8.26. The molecule has 0 unspecified atom stereocenters. The summed E-state index contributed by atoms with van der Waals surface area (Å²) < 4.78 is 5.80. The van der Waals surface area contributed by atoms with Crippen LogP contribution in [0.3, 0.4) is 0 Å². The van der Waals surface area contributed by atoms with Gasteiger partial charge in [0, 0.05) is 23.5 Å². The Kier molecular flexibility index (Phi) is 4.24. The van der Waals surface area contributed by atoms with E-state index in [-0.39, 0.29) is 6.61 Å². The maximum atomic E-state index is 9.28. The van der Waals surface area contributed by atoms with Crippen molar-refractivity contribution in [3.8, 4) is 5.75 Å². The Morgan fingerprint density at radius 2 is 2.24 bits per heavy atom. The van der Waals surface area contributed by atoms with E-state index in [2.05, 4.69) is 23.7 Å². The van der Waals surface area contributed by atoms with Crippen molar-refractivity contribution in [3.63, 3.8) is 0 Å². The second kappa shape index (κ2) is 6.13. The summed E-state index contributed by atoms with van der Waals surface area (Å²) in [5.74, 6) is 0.932. The molecule has 3 rings (SSSR count). The Balaban J connectivity index is 1.78. The van der Waals surface area contributed by atoms with Crippen LogP contribution in [0.5, 0.6) is 5.75 Å². The molecule has 0 saturated heterocycles. The zero-order chi connectivity index (χ0) is 14.8. The molecule has 1 aliphatic rings. The second-order valence-electron chi connectivity index (χ2n) is 5.41. The van der Waals surface area contributed by atoms with E-state index in [1.54, 1.807) is 11.3 Å². The maximum absolute atomic E-state index is 9.28. The number of rotatable bonds is 3.